The van der Waals surface area contributed by atoms with E-state index in [1.54, 1.807) is 0 Å². The molecule has 0 bridgehead atoms. The number of anilines is 4. The Kier molecular flexibility index (Phi) is 6.44. The summed E-state index contributed by atoms with van der Waals surface area (Å²) >= 11 is 0. The fraction of sp³-hybridized carbons (Fsp3) is 0.261. The summed E-state index contributed by atoms with van der Waals surface area (Å²) in [5.41, 5.74) is 4.25. The molecule has 1 amide bonds. The van der Waals surface area contributed by atoms with Gasteiger partial charge in [-0.2, -0.15) is 4.98 Å². The van der Waals surface area contributed by atoms with E-state index in [0.29, 0.717) is 11.5 Å². The molecule has 0 atom stereocenters. The lowest BCUT2D eigenvalue weighted by atomic mass is 10.1. The summed E-state index contributed by atoms with van der Waals surface area (Å²) in [7, 11) is 0. The number of rotatable bonds is 7. The van der Waals surface area contributed by atoms with Gasteiger partial charge in [0.1, 0.15) is 5.82 Å². The molecule has 6 nitrogen and oxygen atoms in total. The highest BCUT2D eigenvalue weighted by atomic mass is 16.1. The van der Waals surface area contributed by atoms with Gasteiger partial charge in [-0.15, -0.1) is 0 Å². The van der Waals surface area contributed by atoms with Gasteiger partial charge in [0.25, 0.3) is 5.91 Å². The van der Waals surface area contributed by atoms with E-state index in [1.807, 2.05) is 68.4 Å². The fourth-order valence-electron chi connectivity index (χ4n) is 2.99. The molecule has 3 aromatic rings. The maximum atomic E-state index is 12.3. The van der Waals surface area contributed by atoms with Crippen molar-refractivity contribution in [2.24, 2.45) is 0 Å². The van der Waals surface area contributed by atoms with Crippen LogP contribution in [0.4, 0.5) is 23.1 Å². The van der Waals surface area contributed by atoms with Crippen LogP contribution in [0.5, 0.6) is 0 Å². The molecule has 0 saturated heterocycles. The molecule has 2 N–H and O–H groups in total. The third kappa shape index (κ3) is 5.31. The van der Waals surface area contributed by atoms with Gasteiger partial charge < -0.3 is 15.5 Å². The first-order valence-corrected chi connectivity index (χ1v) is 9.84. The van der Waals surface area contributed by atoms with Crippen LogP contribution in [0.15, 0.2) is 54.6 Å². The average molecular weight is 390 g/mol. The Balaban J connectivity index is 1.69. The Morgan fingerprint density at radius 3 is 2.14 bits per heavy atom. The van der Waals surface area contributed by atoms with E-state index >= 15 is 0 Å². The van der Waals surface area contributed by atoms with Crippen LogP contribution in [-0.4, -0.2) is 29.0 Å². The zero-order valence-corrected chi connectivity index (χ0v) is 17.4. The Morgan fingerprint density at radius 2 is 1.52 bits per heavy atom. The summed E-state index contributed by atoms with van der Waals surface area (Å²) in [4.78, 5) is 23.6. The zero-order chi connectivity index (χ0) is 20.8. The van der Waals surface area contributed by atoms with E-state index in [-0.39, 0.29) is 5.91 Å². The van der Waals surface area contributed by atoms with Crippen molar-refractivity contribution in [3.63, 3.8) is 0 Å². The molecule has 29 heavy (non-hydrogen) atoms. The van der Waals surface area contributed by atoms with E-state index in [1.165, 1.54) is 0 Å². The van der Waals surface area contributed by atoms with Crippen molar-refractivity contribution >= 4 is 29.0 Å². The van der Waals surface area contributed by atoms with Crippen molar-refractivity contribution in [1.82, 2.24) is 9.97 Å². The molecule has 0 unspecified atom stereocenters. The molecule has 1 aromatic heterocycles. The Bertz CT molecular complexity index is 964. The van der Waals surface area contributed by atoms with Crippen LogP contribution in [0.25, 0.3) is 0 Å². The van der Waals surface area contributed by atoms with Crippen LogP contribution in [0.2, 0.25) is 0 Å². The van der Waals surface area contributed by atoms with Crippen molar-refractivity contribution in [2.45, 2.75) is 27.7 Å². The number of hydrogen-bond acceptors (Lipinski definition) is 5. The number of carbonyl (C=O) groups excluding carboxylic acids is 1. The van der Waals surface area contributed by atoms with Crippen molar-refractivity contribution in [2.75, 3.05) is 28.6 Å². The molecule has 0 aliphatic heterocycles. The number of nitrogens with one attached hydrogen (secondary N) is 2. The Morgan fingerprint density at radius 1 is 0.897 bits per heavy atom. The summed E-state index contributed by atoms with van der Waals surface area (Å²) < 4.78 is 0. The molecule has 3 rings (SSSR count). The lowest BCUT2D eigenvalue weighted by molar-refractivity contribution is 0.102. The van der Waals surface area contributed by atoms with E-state index < -0.39 is 0 Å². The number of amides is 1. The summed E-state index contributed by atoms with van der Waals surface area (Å²) in [5, 5.41) is 6.16. The topological polar surface area (TPSA) is 70.2 Å². The first kappa shape index (κ1) is 20.3. The van der Waals surface area contributed by atoms with Crippen LogP contribution in [0, 0.1) is 13.8 Å². The van der Waals surface area contributed by atoms with Gasteiger partial charge in [-0.1, -0.05) is 17.7 Å². The maximum absolute atomic E-state index is 12.3. The maximum Gasteiger partial charge on any atom is 0.255 e. The minimum absolute atomic E-state index is 0.128. The first-order chi connectivity index (χ1) is 14.0. The standard InChI is InChI=1S/C23H27N5O/c1-5-28(6-2)21-15-17(4)24-23(27-21)26-20-13-11-19(12-14-20)25-22(29)18-9-7-16(3)8-10-18/h7-15H,5-6H2,1-4H3,(H,25,29)(H,24,26,27). The summed E-state index contributed by atoms with van der Waals surface area (Å²) in [6, 6.07) is 17.0. The van der Waals surface area contributed by atoms with E-state index in [4.69, 9.17) is 0 Å². The number of hydrogen-bond donors (Lipinski definition) is 2. The van der Waals surface area contributed by atoms with Gasteiger partial charge in [-0.3, -0.25) is 4.79 Å². The number of benzene rings is 2. The largest absolute Gasteiger partial charge is 0.357 e. The minimum atomic E-state index is -0.128. The molecule has 1 heterocycles. The van der Waals surface area contributed by atoms with E-state index in [0.717, 1.165) is 41.5 Å². The second-order valence-corrected chi connectivity index (χ2v) is 6.89. The molecular weight excluding hydrogens is 362 g/mol. The first-order valence-electron chi connectivity index (χ1n) is 9.84. The third-order valence-corrected chi connectivity index (χ3v) is 4.64. The predicted molar refractivity (Wildman–Crippen MR) is 119 cm³/mol. The minimum Gasteiger partial charge on any atom is -0.357 e. The van der Waals surface area contributed by atoms with Gasteiger partial charge in [0.05, 0.1) is 0 Å². The molecule has 0 aliphatic rings. The highest BCUT2D eigenvalue weighted by Gasteiger charge is 2.09. The van der Waals surface area contributed by atoms with Gasteiger partial charge in [-0.05, 0) is 64.1 Å². The fourth-order valence-corrected chi connectivity index (χ4v) is 2.99. The van der Waals surface area contributed by atoms with Gasteiger partial charge in [0.15, 0.2) is 0 Å². The molecule has 150 valence electrons. The second kappa shape index (κ2) is 9.19. The quantitative estimate of drug-likeness (QED) is 0.599. The monoisotopic (exact) mass is 389 g/mol. The highest BCUT2D eigenvalue weighted by molar-refractivity contribution is 6.04. The second-order valence-electron chi connectivity index (χ2n) is 6.89. The van der Waals surface area contributed by atoms with Crippen LogP contribution >= 0.6 is 0 Å². The van der Waals surface area contributed by atoms with Crippen molar-refractivity contribution in [1.29, 1.82) is 0 Å². The molecule has 0 radical (unpaired) electrons. The Labute approximate surface area is 172 Å². The van der Waals surface area contributed by atoms with Crippen LogP contribution in [0.3, 0.4) is 0 Å². The lowest BCUT2D eigenvalue weighted by Gasteiger charge is -2.20. The van der Waals surface area contributed by atoms with Crippen molar-refractivity contribution in [3.8, 4) is 0 Å². The van der Waals surface area contributed by atoms with Crippen LogP contribution in [0.1, 0.15) is 35.5 Å². The summed E-state index contributed by atoms with van der Waals surface area (Å²) in [6.45, 7) is 9.96. The van der Waals surface area contributed by atoms with Crippen molar-refractivity contribution < 1.29 is 4.79 Å². The Hall–Kier alpha value is -3.41. The molecule has 0 aliphatic carbocycles. The number of aryl methyl sites for hydroxylation is 2. The molecule has 6 heteroatoms. The third-order valence-electron chi connectivity index (χ3n) is 4.64. The number of aromatic nitrogens is 2. The molecule has 0 spiro atoms. The van der Waals surface area contributed by atoms with E-state index in [2.05, 4.69) is 39.3 Å². The molecule has 0 saturated carbocycles. The van der Waals surface area contributed by atoms with Crippen LogP contribution < -0.4 is 15.5 Å². The number of carbonyl (C=O) groups is 1. The van der Waals surface area contributed by atoms with Crippen molar-refractivity contribution in [3.05, 3.63) is 71.4 Å². The summed E-state index contributed by atoms with van der Waals surface area (Å²) in [5.74, 6) is 1.34. The molecule has 0 fully saturated rings. The highest BCUT2D eigenvalue weighted by Crippen LogP contribution is 2.20. The molecular formula is C23H27N5O. The van der Waals surface area contributed by atoms with Gasteiger partial charge >= 0.3 is 0 Å². The number of nitrogens with zero attached hydrogens (tertiary/aromatic N) is 3. The molecule has 2 aromatic carbocycles. The average Bonchev–Trinajstić information content (AvgIpc) is 2.70. The van der Waals surface area contributed by atoms with E-state index in [9.17, 15) is 4.79 Å². The normalized spacial score (nSPS) is 10.5. The van der Waals surface area contributed by atoms with Gasteiger partial charge in [-0.25, -0.2) is 4.98 Å². The summed E-state index contributed by atoms with van der Waals surface area (Å²) in [6.07, 6.45) is 0. The smallest absolute Gasteiger partial charge is 0.255 e. The van der Waals surface area contributed by atoms with Crippen LogP contribution in [-0.2, 0) is 0 Å². The lowest BCUT2D eigenvalue weighted by Crippen LogP contribution is -2.23. The van der Waals surface area contributed by atoms with Gasteiger partial charge in [0.2, 0.25) is 5.95 Å². The zero-order valence-electron chi connectivity index (χ0n) is 17.4. The predicted octanol–water partition coefficient (Wildman–Crippen LogP) is 4.94. The SMILES string of the molecule is CCN(CC)c1cc(C)nc(Nc2ccc(NC(=O)c3ccc(C)cc3)cc2)n1. The van der Waals surface area contributed by atoms with Gasteiger partial charge in [0, 0.05) is 41.8 Å².